The first-order valence-electron chi connectivity index (χ1n) is 4.56. The lowest BCUT2D eigenvalue weighted by Crippen LogP contribution is -2.14. The zero-order valence-corrected chi connectivity index (χ0v) is 9.44. The van der Waals surface area contributed by atoms with Gasteiger partial charge in [0, 0.05) is 0 Å². The van der Waals surface area contributed by atoms with Crippen LogP contribution in [0.4, 0.5) is 13.2 Å². The minimum Gasteiger partial charge on any atom is -0.338 e. The fraction of sp³-hybridized carbons (Fsp3) is 0.750. The number of nitrogens with two attached hydrogens (primary N) is 1. The van der Waals surface area contributed by atoms with E-state index in [2.05, 4.69) is 14.7 Å². The highest BCUT2D eigenvalue weighted by Gasteiger charge is 2.31. The predicted molar refractivity (Wildman–Crippen MR) is 54.0 cm³/mol. The van der Waals surface area contributed by atoms with Gasteiger partial charge < -0.3 is 10.3 Å². The third kappa shape index (κ3) is 4.40. The molecule has 0 fully saturated rings. The van der Waals surface area contributed by atoms with E-state index in [1.54, 1.807) is 11.8 Å². The number of thioether (sulfide) groups is 1. The van der Waals surface area contributed by atoms with Gasteiger partial charge in [0.05, 0.1) is 6.04 Å². The summed E-state index contributed by atoms with van der Waals surface area (Å²) in [5.74, 6) is 0.480. The number of aromatic nitrogens is 2. The maximum atomic E-state index is 12.0. The van der Waals surface area contributed by atoms with Crippen LogP contribution in [-0.4, -0.2) is 28.3 Å². The molecular weight excluding hydrogens is 243 g/mol. The summed E-state index contributed by atoms with van der Waals surface area (Å²) in [5.41, 5.74) is 5.67. The second-order valence-corrected chi connectivity index (χ2v) is 4.21. The van der Waals surface area contributed by atoms with Crippen LogP contribution in [0.2, 0.25) is 0 Å². The molecule has 1 rings (SSSR count). The average molecular weight is 255 g/mol. The molecule has 0 bridgehead atoms. The summed E-state index contributed by atoms with van der Waals surface area (Å²) in [4.78, 5) is 3.62. The minimum atomic E-state index is -4.33. The topological polar surface area (TPSA) is 64.9 Å². The van der Waals surface area contributed by atoms with Crippen molar-refractivity contribution >= 4 is 11.8 Å². The minimum absolute atomic E-state index is 0.0632. The number of nitrogens with zero attached hydrogens (tertiary/aromatic N) is 2. The first-order valence-corrected chi connectivity index (χ1v) is 5.95. The maximum Gasteiger partial charge on any atom is 0.396 e. The van der Waals surface area contributed by atoms with Crippen molar-refractivity contribution in [1.29, 1.82) is 0 Å². The zero-order valence-electron chi connectivity index (χ0n) is 8.62. The fourth-order valence-corrected chi connectivity index (χ4v) is 1.53. The Balaban J connectivity index is 2.57. The molecule has 0 radical (unpaired) electrons. The monoisotopic (exact) mass is 255 g/mol. The van der Waals surface area contributed by atoms with Crippen LogP contribution >= 0.6 is 11.8 Å². The molecule has 0 aromatic carbocycles. The van der Waals surface area contributed by atoms with Crippen LogP contribution < -0.4 is 5.73 Å². The molecule has 8 heteroatoms. The van der Waals surface area contributed by atoms with Gasteiger partial charge in [-0.3, -0.25) is 0 Å². The van der Waals surface area contributed by atoms with Crippen molar-refractivity contribution in [3.8, 4) is 0 Å². The molecule has 0 aliphatic carbocycles. The van der Waals surface area contributed by atoms with E-state index in [9.17, 15) is 13.2 Å². The van der Waals surface area contributed by atoms with Gasteiger partial charge in [-0.05, 0) is 18.4 Å². The maximum absolute atomic E-state index is 12.0. The van der Waals surface area contributed by atoms with Crippen molar-refractivity contribution in [2.45, 2.75) is 25.1 Å². The second-order valence-electron chi connectivity index (χ2n) is 3.23. The molecule has 2 N–H and O–H groups in total. The van der Waals surface area contributed by atoms with Crippen molar-refractivity contribution in [2.75, 3.05) is 12.0 Å². The molecule has 1 aromatic rings. The van der Waals surface area contributed by atoms with Crippen molar-refractivity contribution < 1.29 is 17.7 Å². The van der Waals surface area contributed by atoms with E-state index in [1.165, 1.54) is 0 Å². The molecule has 0 spiro atoms. The quantitative estimate of drug-likeness (QED) is 0.870. The highest BCUT2D eigenvalue weighted by atomic mass is 32.2. The molecule has 0 aliphatic rings. The lowest BCUT2D eigenvalue weighted by Gasteiger charge is -2.03. The van der Waals surface area contributed by atoms with Crippen LogP contribution in [-0.2, 0) is 6.42 Å². The van der Waals surface area contributed by atoms with Crippen LogP contribution in [0.1, 0.15) is 24.2 Å². The first kappa shape index (κ1) is 13.3. The Labute approximate surface area is 94.8 Å². The van der Waals surface area contributed by atoms with Gasteiger partial charge in [0.1, 0.15) is 6.42 Å². The fourth-order valence-electron chi connectivity index (χ4n) is 1.04. The van der Waals surface area contributed by atoms with Gasteiger partial charge in [0.25, 0.3) is 0 Å². The molecule has 4 nitrogen and oxygen atoms in total. The molecule has 0 saturated heterocycles. The number of hydrogen-bond donors (Lipinski definition) is 1. The van der Waals surface area contributed by atoms with Gasteiger partial charge in [-0.2, -0.15) is 29.9 Å². The van der Waals surface area contributed by atoms with Crippen LogP contribution in [0.25, 0.3) is 0 Å². The van der Waals surface area contributed by atoms with Crippen LogP contribution in [0.3, 0.4) is 0 Å². The SMILES string of the molecule is CSCCC(N)c1nc(CC(F)(F)F)no1. The normalized spacial score (nSPS) is 14.1. The van der Waals surface area contributed by atoms with Crippen LogP contribution in [0.5, 0.6) is 0 Å². The molecular formula is C8H12F3N3OS. The molecule has 0 saturated carbocycles. The van der Waals surface area contributed by atoms with E-state index in [4.69, 9.17) is 5.73 Å². The predicted octanol–water partition coefficient (Wildman–Crippen LogP) is 1.93. The van der Waals surface area contributed by atoms with Crippen molar-refractivity contribution in [2.24, 2.45) is 5.73 Å². The van der Waals surface area contributed by atoms with E-state index in [0.717, 1.165) is 5.75 Å². The lowest BCUT2D eigenvalue weighted by atomic mass is 10.2. The third-order valence-corrected chi connectivity index (χ3v) is 2.44. The van der Waals surface area contributed by atoms with Crippen molar-refractivity contribution in [3.05, 3.63) is 11.7 Å². The largest absolute Gasteiger partial charge is 0.396 e. The summed E-state index contributed by atoms with van der Waals surface area (Å²) in [7, 11) is 0. The number of alkyl halides is 3. The standard InChI is InChI=1S/C8H12F3N3OS/c1-16-3-2-5(12)7-13-6(14-15-7)4-8(9,10)11/h5H,2-4,12H2,1H3. The highest BCUT2D eigenvalue weighted by Crippen LogP contribution is 2.21. The Kier molecular flexibility index (Phi) is 4.60. The van der Waals surface area contributed by atoms with Gasteiger partial charge in [-0.25, -0.2) is 0 Å². The Morgan fingerprint density at radius 1 is 1.50 bits per heavy atom. The summed E-state index contributed by atoms with van der Waals surface area (Å²) in [6.45, 7) is 0. The highest BCUT2D eigenvalue weighted by molar-refractivity contribution is 7.98. The molecule has 1 unspecified atom stereocenters. The molecule has 0 aliphatic heterocycles. The van der Waals surface area contributed by atoms with E-state index < -0.39 is 18.6 Å². The molecule has 1 atom stereocenters. The van der Waals surface area contributed by atoms with E-state index in [0.29, 0.717) is 6.42 Å². The summed E-state index contributed by atoms with van der Waals surface area (Å²) >= 11 is 1.59. The van der Waals surface area contributed by atoms with E-state index in [-0.39, 0.29) is 11.7 Å². The smallest absolute Gasteiger partial charge is 0.338 e. The van der Waals surface area contributed by atoms with Gasteiger partial charge in [-0.15, -0.1) is 0 Å². The van der Waals surface area contributed by atoms with Gasteiger partial charge in [0.2, 0.25) is 5.89 Å². The Morgan fingerprint density at radius 2 is 2.19 bits per heavy atom. The summed E-state index contributed by atoms with van der Waals surface area (Å²) in [5, 5.41) is 3.24. The molecule has 16 heavy (non-hydrogen) atoms. The van der Waals surface area contributed by atoms with Gasteiger partial charge in [0.15, 0.2) is 5.82 Å². The molecule has 0 amide bonds. The molecule has 1 heterocycles. The summed E-state index contributed by atoms with van der Waals surface area (Å²) in [6.07, 6.45) is -3.01. The van der Waals surface area contributed by atoms with E-state index in [1.807, 2.05) is 6.26 Å². The van der Waals surface area contributed by atoms with Gasteiger partial charge in [-0.1, -0.05) is 5.16 Å². The summed E-state index contributed by atoms with van der Waals surface area (Å²) in [6, 6.07) is -0.498. The third-order valence-electron chi connectivity index (χ3n) is 1.79. The molecule has 92 valence electrons. The van der Waals surface area contributed by atoms with Crippen molar-refractivity contribution in [1.82, 2.24) is 10.1 Å². The number of hydrogen-bond acceptors (Lipinski definition) is 5. The Morgan fingerprint density at radius 3 is 2.75 bits per heavy atom. The number of rotatable bonds is 5. The van der Waals surface area contributed by atoms with Crippen LogP contribution in [0.15, 0.2) is 4.52 Å². The molecule has 1 aromatic heterocycles. The van der Waals surface area contributed by atoms with Crippen LogP contribution in [0, 0.1) is 0 Å². The summed E-state index contributed by atoms with van der Waals surface area (Å²) < 4.78 is 40.7. The Hall–Kier alpha value is -0.760. The Bertz CT molecular complexity index is 329. The van der Waals surface area contributed by atoms with Crippen molar-refractivity contribution in [3.63, 3.8) is 0 Å². The number of halogens is 3. The zero-order chi connectivity index (χ0) is 12.2. The first-order chi connectivity index (χ1) is 7.42. The van der Waals surface area contributed by atoms with E-state index >= 15 is 0 Å². The average Bonchev–Trinajstić information content (AvgIpc) is 2.59. The van der Waals surface area contributed by atoms with Gasteiger partial charge >= 0.3 is 6.18 Å². The lowest BCUT2D eigenvalue weighted by molar-refractivity contribution is -0.128. The second kappa shape index (κ2) is 5.53.